The number of unbranched alkanes of at least 4 members (excludes halogenated alkanes) is 9. The molecule has 0 aromatic carbocycles. The average molecular weight is 375 g/mol. The summed E-state index contributed by atoms with van der Waals surface area (Å²) in [6.07, 6.45) is 11.6. The van der Waals surface area contributed by atoms with Crippen LogP contribution in [0.15, 0.2) is 0 Å². The molecule has 5 atom stereocenters. The fourth-order valence-electron chi connectivity index (χ4n) is 3.35. The van der Waals surface area contributed by atoms with E-state index in [1.54, 1.807) is 0 Å². The molecule has 156 valence electrons. The SMILES string of the molecule is CCCCCCCCCCCCOCC(C)[C@@H](O)C[C@@H]1OC(OC)[C@@H]1O. The molecule has 0 spiro atoms. The van der Waals surface area contributed by atoms with Gasteiger partial charge < -0.3 is 24.4 Å². The van der Waals surface area contributed by atoms with Gasteiger partial charge >= 0.3 is 0 Å². The molecule has 0 aromatic heterocycles. The van der Waals surface area contributed by atoms with Crippen LogP contribution in [0.4, 0.5) is 0 Å². The van der Waals surface area contributed by atoms with E-state index in [9.17, 15) is 10.2 Å². The number of aliphatic hydroxyl groups is 2. The van der Waals surface area contributed by atoms with Crippen LogP contribution in [0.2, 0.25) is 0 Å². The Morgan fingerprint density at radius 3 is 2.08 bits per heavy atom. The zero-order chi connectivity index (χ0) is 19.2. The topological polar surface area (TPSA) is 68.2 Å². The van der Waals surface area contributed by atoms with E-state index in [-0.39, 0.29) is 12.0 Å². The molecule has 1 aliphatic heterocycles. The lowest BCUT2D eigenvalue weighted by Gasteiger charge is -2.41. The van der Waals surface area contributed by atoms with Crippen LogP contribution in [0, 0.1) is 5.92 Å². The molecule has 2 unspecified atom stereocenters. The fraction of sp³-hybridized carbons (Fsp3) is 1.00. The van der Waals surface area contributed by atoms with Crippen molar-refractivity contribution in [2.75, 3.05) is 20.3 Å². The first-order valence-electron chi connectivity index (χ1n) is 10.7. The van der Waals surface area contributed by atoms with Crippen molar-refractivity contribution in [2.24, 2.45) is 5.92 Å². The highest BCUT2D eigenvalue weighted by molar-refractivity contribution is 4.85. The van der Waals surface area contributed by atoms with Crippen molar-refractivity contribution in [3.05, 3.63) is 0 Å². The van der Waals surface area contributed by atoms with Crippen LogP contribution in [0.25, 0.3) is 0 Å². The maximum absolute atomic E-state index is 10.2. The lowest BCUT2D eigenvalue weighted by atomic mass is 9.94. The highest BCUT2D eigenvalue weighted by atomic mass is 16.7. The van der Waals surface area contributed by atoms with Crippen molar-refractivity contribution < 1.29 is 24.4 Å². The van der Waals surface area contributed by atoms with E-state index in [1.807, 2.05) is 6.92 Å². The summed E-state index contributed by atoms with van der Waals surface area (Å²) in [5.41, 5.74) is 0. The van der Waals surface area contributed by atoms with Gasteiger partial charge in [0.15, 0.2) is 6.29 Å². The molecule has 0 aromatic rings. The minimum atomic E-state index is -0.644. The quantitative estimate of drug-likeness (QED) is 0.376. The van der Waals surface area contributed by atoms with E-state index in [2.05, 4.69) is 6.92 Å². The Morgan fingerprint density at radius 2 is 1.54 bits per heavy atom. The van der Waals surface area contributed by atoms with Crippen LogP contribution in [0.5, 0.6) is 0 Å². The first-order valence-corrected chi connectivity index (χ1v) is 10.7. The molecule has 0 aliphatic carbocycles. The fourth-order valence-corrected chi connectivity index (χ4v) is 3.35. The molecule has 5 heteroatoms. The number of ether oxygens (including phenoxy) is 3. The van der Waals surface area contributed by atoms with E-state index in [4.69, 9.17) is 14.2 Å². The summed E-state index contributed by atoms with van der Waals surface area (Å²) in [7, 11) is 1.50. The normalized spacial score (nSPS) is 25.0. The summed E-state index contributed by atoms with van der Waals surface area (Å²) >= 11 is 0. The molecule has 0 amide bonds. The number of hydrogen-bond acceptors (Lipinski definition) is 5. The zero-order valence-corrected chi connectivity index (χ0v) is 17.2. The Labute approximate surface area is 160 Å². The number of rotatable bonds is 17. The van der Waals surface area contributed by atoms with E-state index in [0.717, 1.165) is 13.0 Å². The highest BCUT2D eigenvalue weighted by Gasteiger charge is 2.42. The van der Waals surface area contributed by atoms with E-state index in [0.29, 0.717) is 13.0 Å². The summed E-state index contributed by atoms with van der Waals surface area (Å²) in [5, 5.41) is 20.0. The molecule has 1 heterocycles. The van der Waals surface area contributed by atoms with Gasteiger partial charge in [0.1, 0.15) is 6.10 Å². The van der Waals surface area contributed by atoms with Crippen molar-refractivity contribution in [3.63, 3.8) is 0 Å². The van der Waals surface area contributed by atoms with E-state index < -0.39 is 18.5 Å². The molecule has 0 saturated carbocycles. The molecule has 2 N–H and O–H groups in total. The molecule has 1 aliphatic rings. The van der Waals surface area contributed by atoms with Gasteiger partial charge in [-0.3, -0.25) is 0 Å². The largest absolute Gasteiger partial charge is 0.393 e. The Morgan fingerprint density at radius 1 is 0.962 bits per heavy atom. The van der Waals surface area contributed by atoms with Crippen LogP contribution in [-0.2, 0) is 14.2 Å². The van der Waals surface area contributed by atoms with Gasteiger partial charge in [0.2, 0.25) is 0 Å². The number of methoxy groups -OCH3 is 1. The highest BCUT2D eigenvalue weighted by Crippen LogP contribution is 2.27. The number of aliphatic hydroxyl groups excluding tert-OH is 2. The Hall–Kier alpha value is -0.200. The molecular weight excluding hydrogens is 332 g/mol. The Kier molecular flexibility index (Phi) is 13.6. The van der Waals surface area contributed by atoms with Gasteiger partial charge in [-0.15, -0.1) is 0 Å². The van der Waals surface area contributed by atoms with E-state index in [1.165, 1.54) is 64.9 Å². The summed E-state index contributed by atoms with van der Waals surface area (Å²) in [5.74, 6) is 0.0375. The molecule has 0 radical (unpaired) electrons. The van der Waals surface area contributed by atoms with Gasteiger partial charge in [-0.05, 0) is 6.42 Å². The second-order valence-electron chi connectivity index (χ2n) is 7.81. The van der Waals surface area contributed by atoms with Gasteiger partial charge in [-0.25, -0.2) is 0 Å². The second-order valence-corrected chi connectivity index (χ2v) is 7.81. The van der Waals surface area contributed by atoms with Crippen LogP contribution in [0.3, 0.4) is 0 Å². The van der Waals surface area contributed by atoms with Gasteiger partial charge in [0.25, 0.3) is 0 Å². The lowest BCUT2D eigenvalue weighted by Crippen LogP contribution is -2.56. The van der Waals surface area contributed by atoms with Gasteiger partial charge in [0, 0.05) is 26.1 Å². The minimum absolute atomic E-state index is 0.0375. The molecule has 5 nitrogen and oxygen atoms in total. The zero-order valence-electron chi connectivity index (χ0n) is 17.2. The third-order valence-corrected chi connectivity index (χ3v) is 5.35. The van der Waals surface area contributed by atoms with Gasteiger partial charge in [-0.1, -0.05) is 71.6 Å². The van der Waals surface area contributed by atoms with Crippen LogP contribution in [0.1, 0.15) is 84.5 Å². The van der Waals surface area contributed by atoms with Crippen LogP contribution >= 0.6 is 0 Å². The maximum atomic E-state index is 10.2. The van der Waals surface area contributed by atoms with Gasteiger partial charge in [-0.2, -0.15) is 0 Å². The molecule has 1 rings (SSSR count). The van der Waals surface area contributed by atoms with Crippen molar-refractivity contribution >= 4 is 0 Å². The van der Waals surface area contributed by atoms with Gasteiger partial charge in [0.05, 0.1) is 18.8 Å². The van der Waals surface area contributed by atoms with E-state index >= 15 is 0 Å². The summed E-state index contributed by atoms with van der Waals surface area (Å²) in [6.45, 7) is 5.55. The van der Waals surface area contributed by atoms with Crippen molar-refractivity contribution in [1.82, 2.24) is 0 Å². The number of hydrogen-bond donors (Lipinski definition) is 2. The minimum Gasteiger partial charge on any atom is -0.393 e. The average Bonchev–Trinajstić information content (AvgIpc) is 2.64. The predicted molar refractivity (Wildman–Crippen MR) is 104 cm³/mol. The Balaban J connectivity index is 1.88. The summed E-state index contributed by atoms with van der Waals surface area (Å²) < 4.78 is 16.0. The smallest absolute Gasteiger partial charge is 0.186 e. The third kappa shape index (κ3) is 9.65. The lowest BCUT2D eigenvalue weighted by molar-refractivity contribution is -0.320. The summed E-state index contributed by atoms with van der Waals surface area (Å²) in [6, 6.07) is 0. The Bertz CT molecular complexity index is 326. The standard InChI is InChI=1S/C21H42O5/c1-4-5-6-7-8-9-10-11-12-13-14-25-16-17(2)18(22)15-19-20(23)21(24-3)26-19/h17-23H,4-16H2,1-3H3/t17?,18-,19-,20+,21?/m0/s1. The molecule has 0 bridgehead atoms. The molecule has 26 heavy (non-hydrogen) atoms. The third-order valence-electron chi connectivity index (χ3n) is 5.35. The molecule has 1 fully saturated rings. The first-order chi connectivity index (χ1) is 12.6. The van der Waals surface area contributed by atoms with Crippen LogP contribution in [-0.4, -0.2) is 55.1 Å². The first kappa shape index (κ1) is 23.8. The predicted octanol–water partition coefficient (Wildman–Crippen LogP) is 4.04. The monoisotopic (exact) mass is 374 g/mol. The van der Waals surface area contributed by atoms with Crippen molar-refractivity contribution in [1.29, 1.82) is 0 Å². The maximum Gasteiger partial charge on any atom is 0.186 e. The summed E-state index contributed by atoms with van der Waals surface area (Å²) in [4.78, 5) is 0. The van der Waals surface area contributed by atoms with Crippen molar-refractivity contribution in [3.8, 4) is 0 Å². The second kappa shape index (κ2) is 14.8. The molecule has 1 saturated heterocycles. The van der Waals surface area contributed by atoms with Crippen LogP contribution < -0.4 is 0 Å². The van der Waals surface area contributed by atoms with Crippen molar-refractivity contribution in [2.45, 2.75) is 109 Å². The molecular formula is C21H42O5.